The molecule has 1 aromatic carbocycles. The maximum Gasteiger partial charge on any atom is 0.323 e. The van der Waals surface area contributed by atoms with Crippen LogP contribution in [0.25, 0.3) is 0 Å². The van der Waals surface area contributed by atoms with Crippen molar-refractivity contribution in [2.24, 2.45) is 0 Å². The molecule has 0 aromatic heterocycles. The van der Waals surface area contributed by atoms with Crippen LogP contribution in [0.4, 0.5) is 5.69 Å². The molecule has 1 aromatic rings. The SMILES string of the molecule is COC(=O)C1CCN1CCc1ccc([N+](=O)[O-])cc1. The maximum atomic E-state index is 11.4. The predicted molar refractivity (Wildman–Crippen MR) is 68.8 cm³/mol. The highest BCUT2D eigenvalue weighted by Gasteiger charge is 2.34. The van der Waals surface area contributed by atoms with Crippen molar-refractivity contribution in [1.82, 2.24) is 4.90 Å². The largest absolute Gasteiger partial charge is 0.468 e. The Morgan fingerprint density at radius 1 is 1.47 bits per heavy atom. The highest BCUT2D eigenvalue weighted by atomic mass is 16.6. The number of hydrogen-bond acceptors (Lipinski definition) is 5. The van der Waals surface area contributed by atoms with Crippen molar-refractivity contribution in [3.63, 3.8) is 0 Å². The molecular formula is C13H16N2O4. The molecule has 0 N–H and O–H groups in total. The maximum absolute atomic E-state index is 11.4. The molecule has 1 unspecified atom stereocenters. The number of hydrogen-bond donors (Lipinski definition) is 0. The van der Waals surface area contributed by atoms with Gasteiger partial charge in [-0.15, -0.1) is 0 Å². The molecule has 0 radical (unpaired) electrons. The first-order chi connectivity index (χ1) is 9.11. The normalized spacial score (nSPS) is 18.7. The van der Waals surface area contributed by atoms with Gasteiger partial charge in [0.15, 0.2) is 0 Å². The number of nitro groups is 1. The Balaban J connectivity index is 1.85. The van der Waals surface area contributed by atoms with E-state index in [4.69, 9.17) is 4.74 Å². The third kappa shape index (κ3) is 3.08. The van der Waals surface area contributed by atoms with Crippen LogP contribution in [0.2, 0.25) is 0 Å². The van der Waals surface area contributed by atoms with Gasteiger partial charge in [0, 0.05) is 25.2 Å². The molecule has 1 aliphatic rings. The van der Waals surface area contributed by atoms with Crippen LogP contribution >= 0.6 is 0 Å². The zero-order valence-electron chi connectivity index (χ0n) is 10.7. The molecule has 6 nitrogen and oxygen atoms in total. The summed E-state index contributed by atoms with van der Waals surface area (Å²) in [5, 5.41) is 10.5. The molecule has 2 rings (SSSR count). The van der Waals surface area contributed by atoms with Crippen molar-refractivity contribution in [3.8, 4) is 0 Å². The first kappa shape index (κ1) is 13.5. The summed E-state index contributed by atoms with van der Waals surface area (Å²) in [6, 6.07) is 6.39. The van der Waals surface area contributed by atoms with E-state index in [0.717, 1.165) is 31.5 Å². The third-order valence-corrected chi connectivity index (χ3v) is 3.44. The van der Waals surface area contributed by atoms with Crippen molar-refractivity contribution < 1.29 is 14.5 Å². The van der Waals surface area contributed by atoms with E-state index in [1.807, 2.05) is 0 Å². The zero-order chi connectivity index (χ0) is 13.8. The Kier molecular flexibility index (Phi) is 4.11. The summed E-state index contributed by atoms with van der Waals surface area (Å²) < 4.78 is 4.72. The van der Waals surface area contributed by atoms with Gasteiger partial charge in [-0.05, 0) is 18.4 Å². The molecule has 6 heteroatoms. The molecule has 1 aliphatic heterocycles. The second-order valence-electron chi connectivity index (χ2n) is 4.54. The Bertz CT molecular complexity index is 472. The summed E-state index contributed by atoms with van der Waals surface area (Å²) in [6.07, 6.45) is 1.61. The molecule has 0 bridgehead atoms. The summed E-state index contributed by atoms with van der Waals surface area (Å²) in [6.45, 7) is 1.66. The molecule has 0 aliphatic carbocycles. The van der Waals surface area contributed by atoms with E-state index in [9.17, 15) is 14.9 Å². The highest BCUT2D eigenvalue weighted by molar-refractivity contribution is 5.76. The molecule has 1 atom stereocenters. The fourth-order valence-corrected chi connectivity index (χ4v) is 2.17. The molecule has 1 fully saturated rings. The van der Waals surface area contributed by atoms with Crippen LogP contribution in [0.15, 0.2) is 24.3 Å². The van der Waals surface area contributed by atoms with E-state index >= 15 is 0 Å². The smallest absolute Gasteiger partial charge is 0.323 e. The second kappa shape index (κ2) is 5.79. The molecule has 19 heavy (non-hydrogen) atoms. The number of nitro benzene ring substituents is 1. The summed E-state index contributed by atoms with van der Waals surface area (Å²) in [4.78, 5) is 23.6. The summed E-state index contributed by atoms with van der Waals surface area (Å²) in [5.74, 6) is -0.185. The first-order valence-corrected chi connectivity index (χ1v) is 6.17. The Hall–Kier alpha value is -1.95. The van der Waals surface area contributed by atoms with Gasteiger partial charge in [-0.1, -0.05) is 12.1 Å². The van der Waals surface area contributed by atoms with Crippen LogP contribution in [0.3, 0.4) is 0 Å². The van der Waals surface area contributed by atoms with Gasteiger partial charge in [-0.25, -0.2) is 0 Å². The average Bonchev–Trinajstić information content (AvgIpc) is 2.38. The quantitative estimate of drug-likeness (QED) is 0.456. The molecule has 0 saturated carbocycles. The van der Waals surface area contributed by atoms with Crippen molar-refractivity contribution >= 4 is 11.7 Å². The zero-order valence-corrected chi connectivity index (χ0v) is 10.7. The summed E-state index contributed by atoms with van der Waals surface area (Å²) in [7, 11) is 1.40. The van der Waals surface area contributed by atoms with Gasteiger partial charge >= 0.3 is 5.97 Å². The average molecular weight is 264 g/mol. The Labute approximate surface area is 111 Å². The standard InChI is InChI=1S/C13H16N2O4/c1-19-13(16)12-7-9-14(12)8-6-10-2-4-11(5-3-10)15(17)18/h2-5,12H,6-9H2,1H3. The van der Waals surface area contributed by atoms with E-state index < -0.39 is 4.92 Å². The second-order valence-corrected chi connectivity index (χ2v) is 4.54. The van der Waals surface area contributed by atoms with E-state index in [1.54, 1.807) is 12.1 Å². The molecule has 0 spiro atoms. The van der Waals surface area contributed by atoms with Crippen LogP contribution in [0, 0.1) is 10.1 Å². The third-order valence-electron chi connectivity index (χ3n) is 3.44. The predicted octanol–water partition coefficient (Wildman–Crippen LogP) is 1.38. The minimum Gasteiger partial charge on any atom is -0.468 e. The molecule has 1 heterocycles. The number of esters is 1. The highest BCUT2D eigenvalue weighted by Crippen LogP contribution is 2.19. The number of carbonyl (C=O) groups is 1. The number of benzene rings is 1. The lowest BCUT2D eigenvalue weighted by Gasteiger charge is -2.38. The van der Waals surface area contributed by atoms with Crippen LogP contribution in [0.1, 0.15) is 12.0 Å². The lowest BCUT2D eigenvalue weighted by Crippen LogP contribution is -2.53. The van der Waals surface area contributed by atoms with E-state index in [-0.39, 0.29) is 17.7 Å². The molecular weight excluding hydrogens is 248 g/mol. The van der Waals surface area contributed by atoms with Crippen molar-refractivity contribution in [2.75, 3.05) is 20.2 Å². The fraction of sp³-hybridized carbons (Fsp3) is 0.462. The minimum absolute atomic E-state index is 0.0973. The monoisotopic (exact) mass is 264 g/mol. The summed E-state index contributed by atoms with van der Waals surface area (Å²) in [5.41, 5.74) is 1.13. The molecule has 1 saturated heterocycles. The fourth-order valence-electron chi connectivity index (χ4n) is 2.17. The summed E-state index contributed by atoms with van der Waals surface area (Å²) >= 11 is 0. The lowest BCUT2D eigenvalue weighted by molar-refractivity contribution is -0.384. The van der Waals surface area contributed by atoms with E-state index in [1.165, 1.54) is 19.2 Å². The number of carbonyl (C=O) groups excluding carboxylic acids is 1. The van der Waals surface area contributed by atoms with Gasteiger partial charge in [-0.3, -0.25) is 19.8 Å². The van der Waals surface area contributed by atoms with Crippen LogP contribution in [-0.4, -0.2) is 42.0 Å². The molecule has 0 amide bonds. The number of methoxy groups -OCH3 is 1. The van der Waals surface area contributed by atoms with Crippen molar-refractivity contribution in [3.05, 3.63) is 39.9 Å². The Morgan fingerprint density at radius 2 is 2.16 bits per heavy atom. The topological polar surface area (TPSA) is 72.7 Å². The van der Waals surface area contributed by atoms with Gasteiger partial charge < -0.3 is 4.74 Å². The lowest BCUT2D eigenvalue weighted by atomic mass is 10.0. The number of likely N-dealkylation sites (tertiary alicyclic amines) is 1. The van der Waals surface area contributed by atoms with Gasteiger partial charge in [0.05, 0.1) is 12.0 Å². The number of rotatable bonds is 5. The first-order valence-electron chi connectivity index (χ1n) is 6.17. The van der Waals surface area contributed by atoms with Gasteiger partial charge in [-0.2, -0.15) is 0 Å². The number of non-ortho nitro benzene ring substituents is 1. The van der Waals surface area contributed by atoms with Crippen LogP contribution in [-0.2, 0) is 16.0 Å². The van der Waals surface area contributed by atoms with Gasteiger partial charge in [0.1, 0.15) is 6.04 Å². The van der Waals surface area contributed by atoms with Gasteiger partial charge in [0.2, 0.25) is 0 Å². The van der Waals surface area contributed by atoms with E-state index in [0.29, 0.717) is 0 Å². The number of ether oxygens (including phenoxy) is 1. The van der Waals surface area contributed by atoms with Gasteiger partial charge in [0.25, 0.3) is 5.69 Å². The van der Waals surface area contributed by atoms with Crippen LogP contribution < -0.4 is 0 Å². The van der Waals surface area contributed by atoms with Crippen LogP contribution in [0.5, 0.6) is 0 Å². The van der Waals surface area contributed by atoms with Crippen molar-refractivity contribution in [1.29, 1.82) is 0 Å². The minimum atomic E-state index is -0.410. The van der Waals surface area contributed by atoms with E-state index in [2.05, 4.69) is 4.90 Å². The number of nitrogens with zero attached hydrogens (tertiary/aromatic N) is 2. The Morgan fingerprint density at radius 3 is 2.63 bits per heavy atom. The molecule has 102 valence electrons. The van der Waals surface area contributed by atoms with Crippen molar-refractivity contribution in [2.45, 2.75) is 18.9 Å².